The molecule has 0 bridgehead atoms. The number of carbonyl (C=O) groups excluding carboxylic acids is 1. The first-order chi connectivity index (χ1) is 15.4. The molecule has 33 heavy (non-hydrogen) atoms. The van der Waals surface area contributed by atoms with E-state index < -0.39 is 21.7 Å². The maximum absolute atomic E-state index is 13.1. The van der Waals surface area contributed by atoms with Gasteiger partial charge in [-0.1, -0.05) is 6.92 Å². The van der Waals surface area contributed by atoms with E-state index in [0.717, 1.165) is 11.8 Å². The van der Waals surface area contributed by atoms with Crippen LogP contribution in [0.4, 0.5) is 5.69 Å². The van der Waals surface area contributed by atoms with Crippen molar-refractivity contribution < 1.29 is 27.4 Å². The third-order valence-corrected chi connectivity index (χ3v) is 6.84. The molecular formula is C24H32N2O6S. The maximum Gasteiger partial charge on any atom is 0.261 e. The second-order valence-corrected chi connectivity index (χ2v) is 10.8. The van der Waals surface area contributed by atoms with Crippen LogP contribution in [-0.2, 0) is 14.8 Å². The van der Waals surface area contributed by atoms with E-state index >= 15 is 0 Å². The number of nitrogens with zero attached hydrogens (tertiary/aromatic N) is 1. The van der Waals surface area contributed by atoms with Crippen molar-refractivity contribution in [3.8, 4) is 17.2 Å². The molecule has 1 amide bonds. The van der Waals surface area contributed by atoms with Gasteiger partial charge in [0.15, 0.2) is 6.10 Å². The average Bonchev–Trinajstić information content (AvgIpc) is 2.75. The first kappa shape index (κ1) is 24.7. The third-order valence-electron chi connectivity index (χ3n) is 5.63. The van der Waals surface area contributed by atoms with Gasteiger partial charge in [0.05, 0.1) is 25.1 Å². The number of nitrogens with one attached hydrogen (secondary N) is 1. The van der Waals surface area contributed by atoms with E-state index in [2.05, 4.69) is 5.32 Å². The lowest BCUT2D eigenvalue weighted by atomic mass is 9.89. The van der Waals surface area contributed by atoms with Crippen LogP contribution in [0, 0.1) is 0 Å². The highest BCUT2D eigenvalue weighted by atomic mass is 32.2. The lowest BCUT2D eigenvalue weighted by Gasteiger charge is -2.38. The zero-order valence-corrected chi connectivity index (χ0v) is 20.7. The molecule has 8 nitrogen and oxygen atoms in total. The summed E-state index contributed by atoms with van der Waals surface area (Å²) in [7, 11) is -0.271. The molecule has 1 aliphatic rings. The number of amides is 1. The Bertz CT molecular complexity index is 1100. The van der Waals surface area contributed by atoms with E-state index in [1.807, 2.05) is 39.0 Å². The molecule has 2 aromatic carbocycles. The number of ether oxygens (including phenoxy) is 3. The minimum atomic E-state index is -3.35. The molecule has 1 heterocycles. The maximum atomic E-state index is 13.1. The van der Waals surface area contributed by atoms with Crippen LogP contribution in [0.3, 0.4) is 0 Å². The van der Waals surface area contributed by atoms with Crippen molar-refractivity contribution in [3.05, 3.63) is 48.0 Å². The minimum absolute atomic E-state index is 0.223. The number of anilines is 1. The van der Waals surface area contributed by atoms with Crippen molar-refractivity contribution >= 4 is 21.6 Å². The summed E-state index contributed by atoms with van der Waals surface area (Å²) < 4.78 is 41.9. The summed E-state index contributed by atoms with van der Waals surface area (Å²) in [6, 6.07) is 12.0. The Morgan fingerprint density at radius 1 is 1.21 bits per heavy atom. The average molecular weight is 477 g/mol. The summed E-state index contributed by atoms with van der Waals surface area (Å²) in [5.41, 5.74) is 0.951. The molecule has 0 unspecified atom stereocenters. The van der Waals surface area contributed by atoms with Crippen LogP contribution in [0.15, 0.2) is 42.5 Å². The fraction of sp³-hybridized carbons (Fsp3) is 0.458. The zero-order chi connectivity index (χ0) is 24.4. The standard InChI is InChI=1S/C24H32N2O6S/c1-7-21(31-17-10-8-16(9-11-17)26(4)33(6,28)29)23(27)25-20-15-24(2,3)32-22-14-18(30-5)12-13-19(20)22/h8-14,20-21H,7,15H2,1-6H3,(H,25,27)/t20-,21+/m1/s1. The molecule has 3 rings (SSSR count). The van der Waals surface area contributed by atoms with Crippen LogP contribution in [0.25, 0.3) is 0 Å². The number of fused-ring (bicyclic) bond motifs is 1. The van der Waals surface area contributed by atoms with Crippen molar-refractivity contribution in [3.63, 3.8) is 0 Å². The number of rotatable bonds is 8. The van der Waals surface area contributed by atoms with E-state index in [9.17, 15) is 13.2 Å². The predicted molar refractivity (Wildman–Crippen MR) is 128 cm³/mol. The van der Waals surface area contributed by atoms with Crippen molar-refractivity contribution in [2.24, 2.45) is 0 Å². The first-order valence-corrected chi connectivity index (χ1v) is 12.7. The normalized spacial score (nSPS) is 17.8. The number of hydrogen-bond donors (Lipinski definition) is 1. The Kier molecular flexibility index (Phi) is 7.11. The van der Waals surface area contributed by atoms with Crippen molar-refractivity contribution in [2.45, 2.75) is 51.4 Å². The van der Waals surface area contributed by atoms with Crippen molar-refractivity contribution in [1.82, 2.24) is 5.32 Å². The highest BCUT2D eigenvalue weighted by Crippen LogP contribution is 2.41. The molecule has 1 N–H and O–H groups in total. The van der Waals surface area contributed by atoms with E-state index in [-0.39, 0.29) is 11.9 Å². The summed E-state index contributed by atoms with van der Waals surface area (Å²) in [5, 5.41) is 3.12. The van der Waals surface area contributed by atoms with Crippen LogP contribution in [0.5, 0.6) is 17.2 Å². The quantitative estimate of drug-likeness (QED) is 0.625. The van der Waals surface area contributed by atoms with Gasteiger partial charge in [-0.15, -0.1) is 0 Å². The molecule has 2 atom stereocenters. The van der Waals surface area contributed by atoms with E-state index in [4.69, 9.17) is 14.2 Å². The highest BCUT2D eigenvalue weighted by Gasteiger charge is 2.36. The molecule has 0 aliphatic carbocycles. The molecule has 0 saturated carbocycles. The smallest absolute Gasteiger partial charge is 0.261 e. The number of benzene rings is 2. The molecule has 9 heteroatoms. The summed E-state index contributed by atoms with van der Waals surface area (Å²) in [5.74, 6) is 1.64. The van der Waals surface area contributed by atoms with Gasteiger partial charge >= 0.3 is 0 Å². The van der Waals surface area contributed by atoms with Gasteiger partial charge in [-0.25, -0.2) is 8.42 Å². The predicted octanol–water partition coefficient (Wildman–Crippen LogP) is 3.67. The Hall–Kier alpha value is -2.94. The molecule has 180 valence electrons. The Morgan fingerprint density at radius 3 is 2.42 bits per heavy atom. The van der Waals surface area contributed by atoms with Gasteiger partial charge in [-0.3, -0.25) is 9.10 Å². The van der Waals surface area contributed by atoms with Gasteiger partial charge in [-0.2, -0.15) is 0 Å². The number of methoxy groups -OCH3 is 1. The monoisotopic (exact) mass is 476 g/mol. The van der Waals surface area contributed by atoms with Gasteiger partial charge in [0.25, 0.3) is 5.91 Å². The summed E-state index contributed by atoms with van der Waals surface area (Å²) >= 11 is 0. The Labute approximate surface area is 195 Å². The number of hydrogen-bond acceptors (Lipinski definition) is 6. The van der Waals surface area contributed by atoms with Crippen LogP contribution in [0.1, 0.15) is 45.2 Å². The van der Waals surface area contributed by atoms with Gasteiger partial charge in [-0.05, 0) is 56.7 Å². The van der Waals surface area contributed by atoms with Crippen LogP contribution < -0.4 is 23.8 Å². The summed E-state index contributed by atoms with van der Waals surface area (Å²) in [4.78, 5) is 13.1. The second-order valence-electron chi connectivity index (χ2n) is 8.77. The van der Waals surface area contributed by atoms with Gasteiger partial charge in [0, 0.05) is 25.1 Å². The van der Waals surface area contributed by atoms with Crippen LogP contribution in [-0.4, -0.2) is 46.4 Å². The Morgan fingerprint density at radius 2 is 1.85 bits per heavy atom. The van der Waals surface area contributed by atoms with Crippen LogP contribution in [0.2, 0.25) is 0 Å². The second kappa shape index (κ2) is 9.51. The van der Waals surface area contributed by atoms with Crippen LogP contribution >= 0.6 is 0 Å². The lowest BCUT2D eigenvalue weighted by molar-refractivity contribution is -0.129. The first-order valence-electron chi connectivity index (χ1n) is 10.8. The number of sulfonamides is 1. The molecular weight excluding hydrogens is 444 g/mol. The minimum Gasteiger partial charge on any atom is -0.497 e. The fourth-order valence-corrected chi connectivity index (χ4v) is 4.27. The molecule has 2 aromatic rings. The lowest BCUT2D eigenvalue weighted by Crippen LogP contribution is -2.45. The summed E-state index contributed by atoms with van der Waals surface area (Å²) in [6.07, 6.45) is 1.52. The fourth-order valence-electron chi connectivity index (χ4n) is 3.76. The van der Waals surface area contributed by atoms with Gasteiger partial charge in [0.2, 0.25) is 10.0 Å². The number of carbonyl (C=O) groups is 1. The van der Waals surface area contributed by atoms with Crippen molar-refractivity contribution in [1.29, 1.82) is 0 Å². The zero-order valence-electron chi connectivity index (χ0n) is 19.9. The molecule has 0 radical (unpaired) electrons. The highest BCUT2D eigenvalue weighted by molar-refractivity contribution is 7.92. The van der Waals surface area contributed by atoms with E-state index in [1.165, 1.54) is 11.4 Å². The van der Waals surface area contributed by atoms with Gasteiger partial charge < -0.3 is 19.5 Å². The Balaban J connectivity index is 1.74. The molecule has 0 aromatic heterocycles. The molecule has 0 fully saturated rings. The SMILES string of the molecule is CC[C@H](Oc1ccc(N(C)S(C)(=O)=O)cc1)C(=O)N[C@@H]1CC(C)(C)Oc2cc(OC)ccc21. The molecule has 0 spiro atoms. The topological polar surface area (TPSA) is 94.2 Å². The van der Waals surface area contributed by atoms with Gasteiger partial charge in [0.1, 0.15) is 22.8 Å². The largest absolute Gasteiger partial charge is 0.497 e. The third kappa shape index (κ3) is 5.90. The molecule has 1 aliphatic heterocycles. The van der Waals surface area contributed by atoms with Crippen molar-refractivity contribution in [2.75, 3.05) is 24.7 Å². The summed E-state index contributed by atoms with van der Waals surface area (Å²) in [6.45, 7) is 5.84. The molecule has 0 saturated heterocycles. The van der Waals surface area contributed by atoms with E-state index in [0.29, 0.717) is 35.8 Å². The van der Waals surface area contributed by atoms with E-state index in [1.54, 1.807) is 31.4 Å².